The maximum absolute atomic E-state index is 6.37. The Kier molecular flexibility index (Phi) is 3.74. The minimum Gasteiger partial charge on any atom is -0.469 e. The Hall–Kier alpha value is -2.00. The smallest absolute Gasteiger partial charge is 0.187 e. The van der Waals surface area contributed by atoms with Crippen molar-refractivity contribution in [1.29, 1.82) is 0 Å². The van der Waals surface area contributed by atoms with Crippen molar-refractivity contribution in [1.82, 2.24) is 5.01 Å². The van der Waals surface area contributed by atoms with Crippen molar-refractivity contribution in [3.63, 3.8) is 0 Å². The summed E-state index contributed by atoms with van der Waals surface area (Å²) in [4.78, 5) is 0. The highest BCUT2D eigenvalue weighted by molar-refractivity contribution is 6.34. The van der Waals surface area contributed by atoms with Crippen LogP contribution >= 0.6 is 11.6 Å². The van der Waals surface area contributed by atoms with E-state index in [0.29, 0.717) is 0 Å². The Balaban J connectivity index is 1.74. The lowest BCUT2D eigenvalue weighted by Gasteiger charge is -2.38. The minimum absolute atomic E-state index is 0.000104. The SMILES string of the molecule is CCC[C@H]1Oc2ccccc2[C@H]2CC(c3ccccc3Cl)=NN21. The van der Waals surface area contributed by atoms with E-state index in [0.717, 1.165) is 41.3 Å². The molecule has 23 heavy (non-hydrogen) atoms. The largest absolute Gasteiger partial charge is 0.469 e. The molecule has 0 aliphatic carbocycles. The lowest BCUT2D eigenvalue weighted by Crippen LogP contribution is -2.40. The van der Waals surface area contributed by atoms with Crippen molar-refractivity contribution < 1.29 is 4.74 Å². The summed E-state index contributed by atoms with van der Waals surface area (Å²) < 4.78 is 6.19. The van der Waals surface area contributed by atoms with Crippen LogP contribution in [0.5, 0.6) is 5.75 Å². The molecule has 0 bridgehead atoms. The van der Waals surface area contributed by atoms with Gasteiger partial charge in [-0.3, -0.25) is 5.01 Å². The molecule has 2 aromatic rings. The van der Waals surface area contributed by atoms with Gasteiger partial charge < -0.3 is 4.74 Å². The maximum atomic E-state index is 6.37. The zero-order chi connectivity index (χ0) is 15.8. The number of rotatable bonds is 3. The van der Waals surface area contributed by atoms with E-state index in [-0.39, 0.29) is 12.3 Å². The normalized spacial score (nSPS) is 22.2. The zero-order valence-electron chi connectivity index (χ0n) is 13.1. The van der Waals surface area contributed by atoms with Gasteiger partial charge in [0.25, 0.3) is 0 Å². The van der Waals surface area contributed by atoms with Crippen LogP contribution in [0.4, 0.5) is 0 Å². The predicted molar refractivity (Wildman–Crippen MR) is 93.0 cm³/mol. The van der Waals surface area contributed by atoms with Crippen LogP contribution in [-0.4, -0.2) is 16.9 Å². The molecule has 0 spiro atoms. The first kappa shape index (κ1) is 14.6. The summed E-state index contributed by atoms with van der Waals surface area (Å²) >= 11 is 6.37. The number of hydrazone groups is 1. The van der Waals surface area contributed by atoms with E-state index in [1.165, 1.54) is 5.56 Å². The van der Waals surface area contributed by atoms with Crippen LogP contribution in [0.1, 0.15) is 43.4 Å². The third-order valence-electron chi connectivity index (χ3n) is 4.50. The van der Waals surface area contributed by atoms with Crippen LogP contribution in [0.2, 0.25) is 5.02 Å². The topological polar surface area (TPSA) is 24.8 Å². The molecular weight excluding hydrogens is 308 g/mol. The number of nitrogens with zero attached hydrogens (tertiary/aromatic N) is 2. The molecule has 118 valence electrons. The van der Waals surface area contributed by atoms with Gasteiger partial charge in [-0.15, -0.1) is 0 Å². The second kappa shape index (κ2) is 5.89. The van der Waals surface area contributed by atoms with Crippen molar-refractivity contribution in [3.8, 4) is 5.75 Å². The molecule has 0 unspecified atom stereocenters. The molecule has 2 aliphatic rings. The molecule has 4 heteroatoms. The number of ether oxygens (including phenoxy) is 1. The van der Waals surface area contributed by atoms with Gasteiger partial charge in [-0.2, -0.15) is 5.10 Å². The molecule has 2 aromatic carbocycles. The fraction of sp³-hybridized carbons (Fsp3) is 0.316. The van der Waals surface area contributed by atoms with Crippen LogP contribution in [0.3, 0.4) is 0 Å². The first-order valence-electron chi connectivity index (χ1n) is 8.14. The molecule has 0 radical (unpaired) electrons. The Morgan fingerprint density at radius 3 is 2.78 bits per heavy atom. The molecule has 0 aromatic heterocycles. The van der Waals surface area contributed by atoms with Crippen molar-refractivity contribution in [2.45, 2.75) is 38.5 Å². The van der Waals surface area contributed by atoms with Crippen LogP contribution in [0.25, 0.3) is 0 Å². The summed E-state index contributed by atoms with van der Waals surface area (Å²) in [5.74, 6) is 0.989. The highest BCUT2D eigenvalue weighted by Crippen LogP contribution is 2.44. The fourth-order valence-electron chi connectivity index (χ4n) is 3.41. The van der Waals surface area contributed by atoms with Gasteiger partial charge in [-0.1, -0.05) is 61.3 Å². The van der Waals surface area contributed by atoms with E-state index in [9.17, 15) is 0 Å². The van der Waals surface area contributed by atoms with Crippen molar-refractivity contribution >= 4 is 17.3 Å². The van der Waals surface area contributed by atoms with Gasteiger partial charge in [0, 0.05) is 29.0 Å². The maximum Gasteiger partial charge on any atom is 0.187 e. The summed E-state index contributed by atoms with van der Waals surface area (Å²) in [7, 11) is 0. The van der Waals surface area contributed by atoms with E-state index in [4.69, 9.17) is 21.4 Å². The molecule has 3 nitrogen and oxygen atoms in total. The zero-order valence-corrected chi connectivity index (χ0v) is 13.8. The van der Waals surface area contributed by atoms with Gasteiger partial charge in [0.15, 0.2) is 6.23 Å². The van der Waals surface area contributed by atoms with Crippen LogP contribution in [0.15, 0.2) is 53.6 Å². The van der Waals surface area contributed by atoms with Crippen molar-refractivity contribution in [3.05, 3.63) is 64.7 Å². The summed E-state index contributed by atoms with van der Waals surface area (Å²) in [6.45, 7) is 2.17. The van der Waals surface area contributed by atoms with E-state index >= 15 is 0 Å². The first-order chi connectivity index (χ1) is 11.3. The average Bonchev–Trinajstić information content (AvgIpc) is 3.01. The van der Waals surface area contributed by atoms with E-state index in [2.05, 4.69) is 30.1 Å². The summed E-state index contributed by atoms with van der Waals surface area (Å²) in [5, 5.41) is 7.77. The molecule has 2 heterocycles. The Labute approximate surface area is 141 Å². The molecular formula is C19H19ClN2O. The average molecular weight is 327 g/mol. The van der Waals surface area contributed by atoms with E-state index in [1.807, 2.05) is 30.3 Å². The van der Waals surface area contributed by atoms with E-state index < -0.39 is 0 Å². The molecule has 0 saturated heterocycles. The summed E-state index contributed by atoms with van der Waals surface area (Å²) in [6, 6.07) is 16.5. The molecule has 2 atom stereocenters. The molecule has 0 saturated carbocycles. The molecule has 0 fully saturated rings. The second-order valence-corrected chi connectivity index (χ2v) is 6.43. The third kappa shape index (κ3) is 2.49. The standard InChI is InChI=1S/C19H19ClN2O/c1-2-7-19-22-17(14-9-4-6-11-18(14)23-19)12-16(21-22)13-8-3-5-10-15(13)20/h3-6,8-11,17,19H,2,7,12H2,1H3/t17-,19-/m1/s1. The van der Waals surface area contributed by atoms with Gasteiger partial charge in [0.05, 0.1) is 11.8 Å². The van der Waals surface area contributed by atoms with Crippen molar-refractivity contribution in [2.24, 2.45) is 5.10 Å². The van der Waals surface area contributed by atoms with Crippen LogP contribution < -0.4 is 4.74 Å². The second-order valence-electron chi connectivity index (χ2n) is 6.03. The van der Waals surface area contributed by atoms with E-state index in [1.54, 1.807) is 0 Å². The van der Waals surface area contributed by atoms with Gasteiger partial charge in [-0.05, 0) is 12.1 Å². The van der Waals surface area contributed by atoms with Crippen molar-refractivity contribution in [2.75, 3.05) is 0 Å². The predicted octanol–water partition coefficient (Wildman–Crippen LogP) is 5.01. The monoisotopic (exact) mass is 326 g/mol. The fourth-order valence-corrected chi connectivity index (χ4v) is 3.65. The number of para-hydroxylation sites is 1. The minimum atomic E-state index is -0.000104. The Morgan fingerprint density at radius 1 is 1.17 bits per heavy atom. The molecule has 2 aliphatic heterocycles. The lowest BCUT2D eigenvalue weighted by atomic mass is 9.96. The summed E-state index contributed by atoms with van der Waals surface area (Å²) in [6.07, 6.45) is 2.89. The number of hydrogen-bond acceptors (Lipinski definition) is 3. The van der Waals surface area contributed by atoms with Gasteiger partial charge in [0.1, 0.15) is 5.75 Å². The number of hydrogen-bond donors (Lipinski definition) is 0. The highest BCUT2D eigenvalue weighted by atomic mass is 35.5. The quantitative estimate of drug-likeness (QED) is 0.792. The Bertz CT molecular complexity index is 759. The van der Waals surface area contributed by atoms with Crippen LogP contribution in [0, 0.1) is 0 Å². The van der Waals surface area contributed by atoms with Gasteiger partial charge >= 0.3 is 0 Å². The number of fused-ring (bicyclic) bond motifs is 3. The lowest BCUT2D eigenvalue weighted by molar-refractivity contribution is -0.0223. The summed E-state index contributed by atoms with van der Waals surface area (Å²) in [5.41, 5.74) is 3.28. The molecule has 0 N–H and O–H groups in total. The number of benzene rings is 2. The molecule has 0 amide bonds. The Morgan fingerprint density at radius 2 is 1.96 bits per heavy atom. The van der Waals surface area contributed by atoms with Gasteiger partial charge in [-0.25, -0.2) is 0 Å². The van der Waals surface area contributed by atoms with Gasteiger partial charge in [0.2, 0.25) is 0 Å². The molecule has 4 rings (SSSR count). The third-order valence-corrected chi connectivity index (χ3v) is 4.83. The highest BCUT2D eigenvalue weighted by Gasteiger charge is 2.39. The number of halogens is 1. The van der Waals surface area contributed by atoms with Crippen LogP contribution in [-0.2, 0) is 0 Å². The first-order valence-corrected chi connectivity index (χ1v) is 8.52.